The Bertz CT molecular complexity index is 268. The lowest BCUT2D eigenvalue weighted by atomic mass is 9.93. The van der Waals surface area contributed by atoms with Gasteiger partial charge in [-0.1, -0.05) is 23.7 Å². The molecule has 80 valence electrons. The van der Waals surface area contributed by atoms with E-state index in [0.29, 0.717) is 0 Å². The van der Waals surface area contributed by atoms with Gasteiger partial charge in [0.2, 0.25) is 0 Å². The molecule has 0 saturated heterocycles. The second-order valence-corrected chi connectivity index (χ2v) is 4.36. The minimum Gasteiger partial charge on any atom is -0.150 e. The fourth-order valence-electron chi connectivity index (χ4n) is 1.11. The maximum Gasteiger partial charge on any atom is 0.118 e. The molecule has 0 radical (unpaired) electrons. The number of hydrogen-bond acceptors (Lipinski definition) is 2. The Balaban J connectivity index is 5.02. The quantitative estimate of drug-likeness (QED) is 0.487. The van der Waals surface area contributed by atoms with Gasteiger partial charge in [0.15, 0.2) is 0 Å². The molecule has 0 fully saturated rings. The molecule has 0 aromatic carbocycles. The number of nitroso groups, excluding NO2 is 1. The van der Waals surface area contributed by atoms with Crippen LogP contribution in [-0.4, -0.2) is 5.54 Å². The Labute approximate surface area is 87.1 Å². The van der Waals surface area contributed by atoms with Gasteiger partial charge >= 0.3 is 0 Å². The summed E-state index contributed by atoms with van der Waals surface area (Å²) in [5, 5.41) is 3.13. The normalized spacial score (nSPS) is 12.6. The van der Waals surface area contributed by atoms with E-state index >= 15 is 0 Å². The van der Waals surface area contributed by atoms with Crippen LogP contribution in [0.2, 0.25) is 0 Å². The lowest BCUT2D eigenvalue weighted by Crippen LogP contribution is -2.17. The third-order valence-electron chi connectivity index (χ3n) is 2.61. The minimum atomic E-state index is -0.587. The Morgan fingerprint density at radius 1 is 1.29 bits per heavy atom. The van der Waals surface area contributed by atoms with E-state index in [1.807, 2.05) is 20.8 Å². The molecule has 0 N–H and O–H groups in total. The molecule has 0 aromatic rings. The molecule has 0 saturated carbocycles. The first kappa shape index (κ1) is 13.1. The van der Waals surface area contributed by atoms with Gasteiger partial charge in [0, 0.05) is 0 Å². The summed E-state index contributed by atoms with van der Waals surface area (Å²) < 4.78 is 0. The molecule has 0 aromatic heterocycles. The molecule has 0 unspecified atom stereocenters. The highest BCUT2D eigenvalue weighted by atomic mass is 16.3. The molecule has 0 amide bonds. The van der Waals surface area contributed by atoms with E-state index in [1.54, 1.807) is 0 Å². The third-order valence-corrected chi connectivity index (χ3v) is 2.61. The zero-order valence-electron chi connectivity index (χ0n) is 10.1. The molecule has 2 heteroatoms. The minimum absolute atomic E-state index is 0.587. The average Bonchev–Trinajstić information content (AvgIpc) is 2.12. The number of nitrogens with zero attached hydrogens (tertiary/aromatic N) is 1. The summed E-state index contributed by atoms with van der Waals surface area (Å²) in [5.41, 5.74) is 3.02. The van der Waals surface area contributed by atoms with E-state index in [-0.39, 0.29) is 0 Å². The second-order valence-electron chi connectivity index (χ2n) is 4.36. The van der Waals surface area contributed by atoms with Crippen molar-refractivity contribution in [1.29, 1.82) is 0 Å². The van der Waals surface area contributed by atoms with Crippen molar-refractivity contribution in [2.24, 2.45) is 5.18 Å². The van der Waals surface area contributed by atoms with Gasteiger partial charge in [0.25, 0.3) is 0 Å². The van der Waals surface area contributed by atoms with E-state index < -0.39 is 5.54 Å². The summed E-state index contributed by atoms with van der Waals surface area (Å²) >= 11 is 0. The molecule has 2 nitrogen and oxygen atoms in total. The van der Waals surface area contributed by atoms with E-state index in [4.69, 9.17) is 0 Å². The third kappa shape index (κ3) is 3.44. The van der Waals surface area contributed by atoms with Gasteiger partial charge < -0.3 is 0 Å². The lowest BCUT2D eigenvalue weighted by molar-refractivity contribution is 0.608. The summed E-state index contributed by atoms with van der Waals surface area (Å²) in [4.78, 5) is 10.6. The molecule has 0 heterocycles. The molecule has 0 spiro atoms. The summed E-state index contributed by atoms with van der Waals surface area (Å²) in [6.45, 7) is 11.9. The highest BCUT2D eigenvalue weighted by Gasteiger charge is 2.20. The van der Waals surface area contributed by atoms with Crippen LogP contribution in [0.4, 0.5) is 0 Å². The van der Waals surface area contributed by atoms with Crippen molar-refractivity contribution in [3.8, 4) is 0 Å². The van der Waals surface area contributed by atoms with Crippen LogP contribution in [0.15, 0.2) is 28.0 Å². The van der Waals surface area contributed by atoms with Crippen LogP contribution in [0.5, 0.6) is 0 Å². The maximum absolute atomic E-state index is 10.6. The van der Waals surface area contributed by atoms with Crippen LogP contribution in [0.3, 0.4) is 0 Å². The zero-order valence-corrected chi connectivity index (χ0v) is 10.1. The van der Waals surface area contributed by atoms with E-state index in [1.165, 1.54) is 11.1 Å². The first-order valence-corrected chi connectivity index (χ1v) is 5.04. The first-order valence-electron chi connectivity index (χ1n) is 5.04. The summed E-state index contributed by atoms with van der Waals surface area (Å²) in [5.74, 6) is 0. The fourth-order valence-corrected chi connectivity index (χ4v) is 1.11. The highest BCUT2D eigenvalue weighted by molar-refractivity contribution is 5.30. The van der Waals surface area contributed by atoms with Gasteiger partial charge in [-0.15, -0.1) is 4.91 Å². The van der Waals surface area contributed by atoms with Crippen molar-refractivity contribution in [2.45, 2.75) is 53.5 Å². The van der Waals surface area contributed by atoms with Crippen LogP contribution in [0, 0.1) is 4.91 Å². The predicted molar refractivity (Wildman–Crippen MR) is 62.3 cm³/mol. The topological polar surface area (TPSA) is 29.4 Å². The van der Waals surface area contributed by atoms with Gasteiger partial charge in [0.05, 0.1) is 0 Å². The molecule has 0 aliphatic rings. The van der Waals surface area contributed by atoms with Gasteiger partial charge in [-0.25, -0.2) is 0 Å². The van der Waals surface area contributed by atoms with Crippen LogP contribution in [-0.2, 0) is 0 Å². The Kier molecular flexibility index (Phi) is 4.75. The Morgan fingerprint density at radius 3 is 2.07 bits per heavy atom. The molecule has 0 aliphatic carbocycles. The Morgan fingerprint density at radius 2 is 1.79 bits per heavy atom. The SMILES string of the molecule is CCC(/C=C(\C)C(C)(C)N=O)=C(C)C. The van der Waals surface area contributed by atoms with Crippen molar-refractivity contribution in [1.82, 2.24) is 0 Å². The number of hydrogen-bond donors (Lipinski definition) is 0. The van der Waals surface area contributed by atoms with Crippen molar-refractivity contribution < 1.29 is 0 Å². The zero-order chi connectivity index (χ0) is 11.4. The smallest absolute Gasteiger partial charge is 0.118 e. The van der Waals surface area contributed by atoms with Crippen molar-refractivity contribution in [3.05, 3.63) is 27.7 Å². The van der Waals surface area contributed by atoms with Crippen LogP contribution < -0.4 is 0 Å². The highest BCUT2D eigenvalue weighted by Crippen LogP contribution is 2.23. The van der Waals surface area contributed by atoms with E-state index in [2.05, 4.69) is 32.0 Å². The molecule has 0 bridgehead atoms. The summed E-state index contributed by atoms with van der Waals surface area (Å²) in [7, 11) is 0. The standard InChI is InChI=1S/C12H21NO/c1-7-11(9(2)3)8-10(4)12(5,6)13-14/h8H,7H2,1-6H3/b10-8+. The van der Waals surface area contributed by atoms with Crippen molar-refractivity contribution >= 4 is 0 Å². The van der Waals surface area contributed by atoms with Gasteiger partial charge in [-0.3, -0.25) is 0 Å². The number of allylic oxidation sites excluding steroid dienone is 3. The monoisotopic (exact) mass is 195 g/mol. The fraction of sp³-hybridized carbons (Fsp3) is 0.667. The Hall–Kier alpha value is -0.920. The molecule has 0 rings (SSSR count). The maximum atomic E-state index is 10.6. The number of rotatable bonds is 4. The first-order chi connectivity index (χ1) is 6.35. The summed E-state index contributed by atoms with van der Waals surface area (Å²) in [6.07, 6.45) is 3.07. The second kappa shape index (κ2) is 5.08. The van der Waals surface area contributed by atoms with Gasteiger partial charge in [-0.05, 0) is 52.2 Å². The van der Waals surface area contributed by atoms with Crippen LogP contribution >= 0.6 is 0 Å². The molecule has 0 atom stereocenters. The molecular formula is C12H21NO. The molecular weight excluding hydrogens is 174 g/mol. The predicted octanol–water partition coefficient (Wildman–Crippen LogP) is 4.22. The van der Waals surface area contributed by atoms with Gasteiger partial charge in [0.1, 0.15) is 5.54 Å². The molecule has 14 heavy (non-hydrogen) atoms. The van der Waals surface area contributed by atoms with Gasteiger partial charge in [-0.2, -0.15) is 0 Å². The summed E-state index contributed by atoms with van der Waals surface area (Å²) in [6, 6.07) is 0. The average molecular weight is 195 g/mol. The van der Waals surface area contributed by atoms with E-state index in [0.717, 1.165) is 12.0 Å². The van der Waals surface area contributed by atoms with Crippen molar-refractivity contribution in [2.75, 3.05) is 0 Å². The van der Waals surface area contributed by atoms with Crippen LogP contribution in [0.25, 0.3) is 0 Å². The van der Waals surface area contributed by atoms with E-state index in [9.17, 15) is 4.91 Å². The molecule has 0 aliphatic heterocycles. The lowest BCUT2D eigenvalue weighted by Gasteiger charge is -2.17. The van der Waals surface area contributed by atoms with Crippen LogP contribution in [0.1, 0.15) is 48.0 Å². The largest absolute Gasteiger partial charge is 0.150 e. The van der Waals surface area contributed by atoms with Crippen molar-refractivity contribution in [3.63, 3.8) is 0 Å².